The van der Waals surface area contributed by atoms with Gasteiger partial charge in [-0.3, -0.25) is 0 Å². The highest BCUT2D eigenvalue weighted by atomic mass is 28.4. The fourth-order valence-electron chi connectivity index (χ4n) is 5.16. The zero-order valence-corrected chi connectivity index (χ0v) is 21.4. The van der Waals surface area contributed by atoms with Crippen molar-refractivity contribution in [2.75, 3.05) is 0 Å². The van der Waals surface area contributed by atoms with E-state index in [1.165, 1.54) is 6.07 Å². The van der Waals surface area contributed by atoms with E-state index in [1.807, 2.05) is 0 Å². The quantitative estimate of drug-likeness (QED) is 0.312. The average molecular weight is 598 g/mol. The van der Waals surface area contributed by atoms with Gasteiger partial charge in [-0.25, -0.2) is 0 Å². The Labute approximate surface area is 215 Å². The minimum atomic E-state index is -6.57. The van der Waals surface area contributed by atoms with E-state index in [2.05, 4.69) is 0 Å². The summed E-state index contributed by atoms with van der Waals surface area (Å²) in [5.41, 5.74) is -17.6. The second-order valence-electron chi connectivity index (χ2n) is 10.5. The average Bonchev–Trinajstić information content (AvgIpc) is 3.09. The van der Waals surface area contributed by atoms with Gasteiger partial charge in [0.15, 0.2) is 0 Å². The van der Waals surface area contributed by atoms with Crippen LogP contribution in [0.15, 0.2) is 54.6 Å². The summed E-state index contributed by atoms with van der Waals surface area (Å²) < 4.78 is 178. The second-order valence-corrected chi connectivity index (χ2v) is 14.0. The smallest absolute Gasteiger partial charge is 0.383 e. The van der Waals surface area contributed by atoms with Gasteiger partial charge in [-0.05, 0) is 22.2 Å². The molecule has 2 atom stereocenters. The number of rotatable bonds is 4. The molecular formula is C24H22F12O2Si. The van der Waals surface area contributed by atoms with Crippen LogP contribution in [0, 0.1) is 5.41 Å². The number of halogens is 12. The zero-order chi connectivity index (χ0) is 30.1. The molecule has 0 aliphatic carbocycles. The summed E-state index contributed by atoms with van der Waals surface area (Å²) in [5.74, 6) is 0. The third-order valence-corrected chi connectivity index (χ3v) is 11.4. The molecule has 0 spiro atoms. The molecule has 0 radical (unpaired) electrons. The molecule has 0 unspecified atom stereocenters. The third-order valence-electron chi connectivity index (χ3n) is 6.70. The highest BCUT2D eigenvalue weighted by molar-refractivity contribution is 6.99. The monoisotopic (exact) mass is 598 g/mol. The lowest BCUT2D eigenvalue weighted by atomic mass is 9.83. The van der Waals surface area contributed by atoms with Crippen molar-refractivity contribution in [1.82, 2.24) is 0 Å². The van der Waals surface area contributed by atoms with E-state index >= 15 is 0 Å². The SMILES string of the molecule is CC(C)(C)C[C@H](C(O)(C(F)(F)F)C(F)(F)F)[Si@]1(c2ccccc2)OC(C(F)(F)F)(C(F)(F)F)c2ccccc21. The number of benzene rings is 2. The molecule has 0 saturated heterocycles. The molecule has 218 valence electrons. The Hall–Kier alpha value is -2.26. The number of alkyl halides is 12. The Morgan fingerprint density at radius 3 is 1.56 bits per heavy atom. The van der Waals surface area contributed by atoms with Crippen molar-refractivity contribution in [1.29, 1.82) is 0 Å². The van der Waals surface area contributed by atoms with E-state index in [1.54, 1.807) is 0 Å². The molecule has 15 heteroatoms. The van der Waals surface area contributed by atoms with Gasteiger partial charge in [0, 0.05) is 11.1 Å². The standard InChI is InChI=1S/C24H22F12O2Si/c1-18(2,3)13-17(19(37,21(25,26)27)22(28,29)30)39(14-9-5-4-6-10-14)16-12-8-7-11-15(16)20(38-39,23(31,32)33)24(34,35)36/h4-12,17,37H,13H2,1-3H3/t17-,39-/m1/s1. The number of aliphatic hydroxyl groups is 1. The first-order valence-corrected chi connectivity index (χ1v) is 13.2. The molecule has 1 aliphatic rings. The van der Waals surface area contributed by atoms with E-state index in [9.17, 15) is 57.8 Å². The normalized spacial score (nSPS) is 21.5. The lowest BCUT2D eigenvalue weighted by Crippen LogP contribution is -2.74. The van der Waals surface area contributed by atoms with Gasteiger partial charge >= 0.3 is 24.7 Å². The lowest BCUT2D eigenvalue weighted by molar-refractivity contribution is -0.377. The number of fused-ring (bicyclic) bond motifs is 1. The molecule has 0 fully saturated rings. The third kappa shape index (κ3) is 4.63. The van der Waals surface area contributed by atoms with Crippen LogP contribution >= 0.6 is 0 Å². The van der Waals surface area contributed by atoms with Crippen LogP contribution in [0.25, 0.3) is 0 Å². The van der Waals surface area contributed by atoms with Crippen molar-refractivity contribution in [3.63, 3.8) is 0 Å². The van der Waals surface area contributed by atoms with Gasteiger partial charge in [-0.2, -0.15) is 52.7 Å². The molecule has 2 nitrogen and oxygen atoms in total. The number of hydrogen-bond donors (Lipinski definition) is 1. The Kier molecular flexibility index (Phi) is 7.32. The summed E-state index contributed by atoms with van der Waals surface area (Å²) in [6.45, 7) is 3.42. The predicted molar refractivity (Wildman–Crippen MR) is 118 cm³/mol. The van der Waals surface area contributed by atoms with E-state index in [4.69, 9.17) is 4.43 Å². The summed E-state index contributed by atoms with van der Waals surface area (Å²) in [4.78, 5) is 0. The van der Waals surface area contributed by atoms with Crippen molar-refractivity contribution in [2.24, 2.45) is 5.41 Å². The van der Waals surface area contributed by atoms with Gasteiger partial charge in [0.1, 0.15) is 0 Å². The van der Waals surface area contributed by atoms with Crippen LogP contribution in [0.1, 0.15) is 32.8 Å². The molecule has 2 aromatic rings. The van der Waals surface area contributed by atoms with E-state index in [0.717, 1.165) is 57.2 Å². The Balaban J connectivity index is 2.66. The highest BCUT2D eigenvalue weighted by Gasteiger charge is 2.85. The van der Waals surface area contributed by atoms with Crippen LogP contribution < -0.4 is 10.4 Å². The van der Waals surface area contributed by atoms with Crippen LogP contribution in [0.3, 0.4) is 0 Å². The summed E-state index contributed by atoms with van der Waals surface area (Å²) in [7, 11) is -6.01. The summed E-state index contributed by atoms with van der Waals surface area (Å²) >= 11 is 0. The number of hydrogen-bond acceptors (Lipinski definition) is 2. The Bertz CT molecular complexity index is 1150. The molecule has 0 saturated carbocycles. The van der Waals surface area contributed by atoms with Crippen LogP contribution in [0.2, 0.25) is 5.54 Å². The largest absolute Gasteiger partial charge is 0.429 e. The molecule has 3 rings (SSSR count). The summed E-state index contributed by atoms with van der Waals surface area (Å²) in [6.07, 6.45) is -27.2. The first-order chi connectivity index (χ1) is 17.4. The van der Waals surface area contributed by atoms with Crippen LogP contribution in [0.4, 0.5) is 52.7 Å². The van der Waals surface area contributed by atoms with Gasteiger partial charge in [-0.15, -0.1) is 0 Å². The topological polar surface area (TPSA) is 29.5 Å². The van der Waals surface area contributed by atoms with E-state index in [-0.39, 0.29) is 0 Å². The van der Waals surface area contributed by atoms with Gasteiger partial charge in [0.05, 0.1) is 0 Å². The minimum absolute atomic E-state index is 0.322. The molecular weight excluding hydrogens is 576 g/mol. The fraction of sp³-hybridized carbons (Fsp3) is 0.500. The fourth-order valence-corrected chi connectivity index (χ4v) is 11.0. The maximum atomic E-state index is 14.5. The minimum Gasteiger partial charge on any atom is -0.383 e. The molecule has 0 aromatic heterocycles. The van der Waals surface area contributed by atoms with Gasteiger partial charge in [0.25, 0.3) is 19.5 Å². The van der Waals surface area contributed by atoms with E-state index < -0.39 is 77.5 Å². The van der Waals surface area contributed by atoms with Gasteiger partial charge in [-0.1, -0.05) is 75.4 Å². The van der Waals surface area contributed by atoms with Crippen molar-refractivity contribution in [2.45, 2.75) is 68.6 Å². The molecule has 0 bridgehead atoms. The maximum absolute atomic E-state index is 14.5. The molecule has 2 aromatic carbocycles. The van der Waals surface area contributed by atoms with Crippen molar-refractivity contribution >= 4 is 18.7 Å². The lowest BCUT2D eigenvalue weighted by Gasteiger charge is -2.49. The molecule has 1 N–H and O–H groups in total. The molecule has 1 heterocycles. The molecule has 0 amide bonds. The highest BCUT2D eigenvalue weighted by Crippen LogP contribution is 2.63. The summed E-state index contributed by atoms with van der Waals surface area (Å²) in [5, 5.41) is 8.79. The predicted octanol–water partition coefficient (Wildman–Crippen LogP) is 6.76. The van der Waals surface area contributed by atoms with Crippen LogP contribution in [-0.2, 0) is 10.0 Å². The Morgan fingerprint density at radius 2 is 1.15 bits per heavy atom. The molecule has 39 heavy (non-hydrogen) atoms. The van der Waals surface area contributed by atoms with Gasteiger partial charge in [0.2, 0.25) is 0 Å². The van der Waals surface area contributed by atoms with Crippen LogP contribution in [-0.4, -0.2) is 43.7 Å². The first-order valence-electron chi connectivity index (χ1n) is 11.2. The maximum Gasteiger partial charge on any atom is 0.429 e. The van der Waals surface area contributed by atoms with Crippen LogP contribution in [0.5, 0.6) is 0 Å². The zero-order valence-electron chi connectivity index (χ0n) is 20.4. The molecule has 1 aliphatic heterocycles. The van der Waals surface area contributed by atoms with Crippen molar-refractivity contribution < 1.29 is 62.2 Å². The summed E-state index contributed by atoms with van der Waals surface area (Å²) in [6, 6.07) is 7.47. The Morgan fingerprint density at radius 1 is 0.718 bits per heavy atom. The van der Waals surface area contributed by atoms with Crippen molar-refractivity contribution in [3.8, 4) is 0 Å². The van der Waals surface area contributed by atoms with Gasteiger partial charge < -0.3 is 9.53 Å². The van der Waals surface area contributed by atoms with E-state index in [0.29, 0.717) is 12.1 Å². The first kappa shape index (κ1) is 31.3. The second kappa shape index (κ2) is 9.13. The van der Waals surface area contributed by atoms with Crippen molar-refractivity contribution in [3.05, 3.63) is 60.2 Å².